The minimum Gasteiger partial charge on any atom is -0.326 e. The molecule has 0 fully saturated rings. The fourth-order valence-electron chi connectivity index (χ4n) is 3.85. The number of imide groups is 1. The van der Waals surface area contributed by atoms with Gasteiger partial charge in [0.2, 0.25) is 11.8 Å². The molecule has 0 saturated carbocycles. The van der Waals surface area contributed by atoms with Crippen molar-refractivity contribution >= 4 is 35.0 Å². The van der Waals surface area contributed by atoms with Crippen molar-refractivity contribution < 1.29 is 19.2 Å². The van der Waals surface area contributed by atoms with Gasteiger partial charge in [-0.05, 0) is 35.9 Å². The molecule has 35 heavy (non-hydrogen) atoms. The third-order valence-corrected chi connectivity index (χ3v) is 5.78. The number of amides is 4. The van der Waals surface area contributed by atoms with Crippen LogP contribution in [0.2, 0.25) is 0 Å². The minimum atomic E-state index is -1.06. The first-order chi connectivity index (χ1) is 16.6. The predicted molar refractivity (Wildman–Crippen MR) is 134 cm³/mol. The second-order valence-corrected chi connectivity index (χ2v) is 9.51. The molecule has 4 amide bonds. The van der Waals surface area contributed by atoms with E-state index in [2.05, 4.69) is 10.6 Å². The van der Waals surface area contributed by atoms with E-state index in [0.717, 1.165) is 10.5 Å². The molecule has 1 heterocycles. The summed E-state index contributed by atoms with van der Waals surface area (Å²) in [7, 11) is 0. The zero-order chi connectivity index (χ0) is 25.2. The molecule has 1 unspecified atom stereocenters. The monoisotopic (exact) mass is 469 g/mol. The highest BCUT2D eigenvalue weighted by atomic mass is 16.2. The molecule has 3 aromatic rings. The molecule has 0 radical (unpaired) electrons. The average Bonchev–Trinajstić information content (AvgIpc) is 3.08. The zero-order valence-corrected chi connectivity index (χ0v) is 19.9. The van der Waals surface area contributed by atoms with Crippen LogP contribution in [0.4, 0.5) is 11.4 Å². The summed E-state index contributed by atoms with van der Waals surface area (Å²) in [6.07, 6.45) is 0.165. The zero-order valence-electron chi connectivity index (χ0n) is 19.9. The molecule has 2 N–H and O–H groups in total. The topological polar surface area (TPSA) is 95.6 Å². The fourth-order valence-corrected chi connectivity index (χ4v) is 3.85. The Labute approximate surface area is 204 Å². The van der Waals surface area contributed by atoms with E-state index in [9.17, 15) is 19.2 Å². The lowest BCUT2D eigenvalue weighted by molar-refractivity contribution is -0.123. The normalized spacial score (nSPS) is 13.9. The van der Waals surface area contributed by atoms with Crippen LogP contribution in [0, 0.1) is 5.41 Å². The molecular formula is C28H27N3O4. The van der Waals surface area contributed by atoms with E-state index in [4.69, 9.17) is 0 Å². The van der Waals surface area contributed by atoms with Crippen LogP contribution in [-0.2, 0) is 16.0 Å². The summed E-state index contributed by atoms with van der Waals surface area (Å²) < 4.78 is 0. The molecule has 0 aliphatic carbocycles. The van der Waals surface area contributed by atoms with E-state index in [1.807, 2.05) is 51.1 Å². The van der Waals surface area contributed by atoms with Crippen LogP contribution in [0.15, 0.2) is 78.9 Å². The van der Waals surface area contributed by atoms with E-state index in [1.54, 1.807) is 48.5 Å². The Morgan fingerprint density at radius 3 is 1.89 bits per heavy atom. The Balaban J connectivity index is 1.61. The highest BCUT2D eigenvalue weighted by Crippen LogP contribution is 2.27. The summed E-state index contributed by atoms with van der Waals surface area (Å²) in [5.74, 6) is -1.64. The minimum absolute atomic E-state index is 0.158. The smallest absolute Gasteiger partial charge is 0.262 e. The highest BCUT2D eigenvalue weighted by Gasteiger charge is 2.42. The number of hydrogen-bond acceptors (Lipinski definition) is 4. The molecule has 0 spiro atoms. The fraction of sp³-hybridized carbons (Fsp3) is 0.214. The van der Waals surface area contributed by atoms with Gasteiger partial charge in [-0.2, -0.15) is 0 Å². The predicted octanol–water partition coefficient (Wildman–Crippen LogP) is 4.52. The first-order valence-corrected chi connectivity index (χ1v) is 11.4. The van der Waals surface area contributed by atoms with E-state index in [1.165, 1.54) is 0 Å². The van der Waals surface area contributed by atoms with E-state index >= 15 is 0 Å². The number of nitrogens with zero attached hydrogens (tertiary/aromatic N) is 1. The molecule has 7 nitrogen and oxygen atoms in total. The van der Waals surface area contributed by atoms with Gasteiger partial charge in [-0.15, -0.1) is 0 Å². The second kappa shape index (κ2) is 9.54. The van der Waals surface area contributed by atoms with Crippen LogP contribution in [0.25, 0.3) is 0 Å². The lowest BCUT2D eigenvalue weighted by Crippen LogP contribution is -2.48. The van der Waals surface area contributed by atoms with Crippen molar-refractivity contribution in [1.82, 2.24) is 4.90 Å². The van der Waals surface area contributed by atoms with Crippen molar-refractivity contribution in [2.75, 3.05) is 10.6 Å². The maximum Gasteiger partial charge on any atom is 0.262 e. The molecule has 0 bridgehead atoms. The van der Waals surface area contributed by atoms with Gasteiger partial charge in [0.05, 0.1) is 11.1 Å². The molecule has 0 aromatic heterocycles. The van der Waals surface area contributed by atoms with E-state index in [-0.39, 0.29) is 23.5 Å². The lowest BCUT2D eigenvalue weighted by atomic mass is 9.95. The summed E-state index contributed by atoms with van der Waals surface area (Å²) in [5.41, 5.74) is 1.78. The van der Waals surface area contributed by atoms with Crippen molar-refractivity contribution in [3.05, 3.63) is 95.6 Å². The third-order valence-electron chi connectivity index (χ3n) is 5.78. The molecule has 1 atom stereocenters. The number of nitrogens with one attached hydrogen (secondary N) is 2. The van der Waals surface area contributed by atoms with Crippen molar-refractivity contribution in [2.45, 2.75) is 33.2 Å². The molecule has 3 aromatic carbocycles. The Morgan fingerprint density at radius 1 is 0.771 bits per heavy atom. The van der Waals surface area contributed by atoms with Crippen LogP contribution < -0.4 is 10.6 Å². The highest BCUT2D eigenvalue weighted by molar-refractivity contribution is 6.23. The quantitative estimate of drug-likeness (QED) is 0.519. The molecule has 1 aliphatic rings. The van der Waals surface area contributed by atoms with Gasteiger partial charge in [-0.3, -0.25) is 24.1 Å². The summed E-state index contributed by atoms with van der Waals surface area (Å²) in [4.78, 5) is 53.2. The third kappa shape index (κ3) is 5.14. The van der Waals surface area contributed by atoms with Crippen molar-refractivity contribution in [1.29, 1.82) is 0 Å². The number of anilines is 2. The van der Waals surface area contributed by atoms with Crippen LogP contribution >= 0.6 is 0 Å². The van der Waals surface area contributed by atoms with Crippen LogP contribution in [0.3, 0.4) is 0 Å². The number of hydrogen-bond donors (Lipinski definition) is 2. The Bertz CT molecular complexity index is 1260. The van der Waals surface area contributed by atoms with Gasteiger partial charge < -0.3 is 10.6 Å². The van der Waals surface area contributed by atoms with Gasteiger partial charge in [0.15, 0.2) is 0 Å². The Hall–Kier alpha value is -4.26. The number of benzene rings is 3. The number of carbonyl (C=O) groups excluding carboxylic acids is 4. The van der Waals surface area contributed by atoms with Gasteiger partial charge in [0.25, 0.3) is 11.8 Å². The lowest BCUT2D eigenvalue weighted by Gasteiger charge is -2.26. The number of rotatable bonds is 6. The van der Waals surface area contributed by atoms with Crippen molar-refractivity contribution in [2.24, 2.45) is 5.41 Å². The summed E-state index contributed by atoms with van der Waals surface area (Å²) in [6.45, 7) is 5.43. The standard InChI is InChI=1S/C28H27N3O4/c1-28(2,3)27(35)30-20-13-9-12-19(17-20)29-24(32)23(16-18-10-5-4-6-11-18)31-25(33)21-14-7-8-15-22(21)26(31)34/h4-15,17,23H,16H2,1-3H3,(H,29,32)(H,30,35). The summed E-state index contributed by atoms with van der Waals surface area (Å²) in [5, 5.41) is 5.66. The maximum atomic E-state index is 13.5. The Morgan fingerprint density at radius 2 is 1.31 bits per heavy atom. The van der Waals surface area contributed by atoms with E-state index < -0.39 is 29.2 Å². The molecule has 4 rings (SSSR count). The van der Waals surface area contributed by atoms with Crippen LogP contribution in [0.5, 0.6) is 0 Å². The van der Waals surface area contributed by atoms with Crippen LogP contribution in [0.1, 0.15) is 47.1 Å². The molecule has 7 heteroatoms. The molecule has 1 aliphatic heterocycles. The first-order valence-electron chi connectivity index (χ1n) is 11.4. The van der Waals surface area contributed by atoms with Gasteiger partial charge in [-0.25, -0.2) is 0 Å². The molecule has 178 valence electrons. The van der Waals surface area contributed by atoms with Gasteiger partial charge >= 0.3 is 0 Å². The molecular weight excluding hydrogens is 442 g/mol. The van der Waals surface area contributed by atoms with Gasteiger partial charge in [0.1, 0.15) is 6.04 Å². The van der Waals surface area contributed by atoms with Crippen molar-refractivity contribution in [3.8, 4) is 0 Å². The number of fused-ring (bicyclic) bond motifs is 1. The van der Waals surface area contributed by atoms with Crippen LogP contribution in [-0.4, -0.2) is 34.6 Å². The average molecular weight is 470 g/mol. The second-order valence-electron chi connectivity index (χ2n) is 9.51. The largest absolute Gasteiger partial charge is 0.326 e. The van der Waals surface area contributed by atoms with Gasteiger partial charge in [0, 0.05) is 23.2 Å². The Kier molecular flexibility index (Phi) is 6.51. The SMILES string of the molecule is CC(C)(C)C(=O)Nc1cccc(NC(=O)C(Cc2ccccc2)N2C(=O)c3ccccc3C2=O)c1. The van der Waals surface area contributed by atoms with E-state index in [0.29, 0.717) is 11.4 Å². The summed E-state index contributed by atoms with van der Waals surface area (Å²) >= 11 is 0. The number of carbonyl (C=O) groups is 4. The first kappa shape index (κ1) is 23.9. The molecule has 0 saturated heterocycles. The maximum absolute atomic E-state index is 13.5. The summed E-state index contributed by atoms with van der Waals surface area (Å²) in [6, 6.07) is 21.5. The van der Waals surface area contributed by atoms with Gasteiger partial charge in [-0.1, -0.05) is 69.3 Å². The van der Waals surface area contributed by atoms with Crippen molar-refractivity contribution in [3.63, 3.8) is 0 Å².